The first kappa shape index (κ1) is 38.2. The second-order valence-corrected chi connectivity index (χ2v) is 9.81. The van der Waals surface area contributed by atoms with Crippen LogP contribution in [0.4, 0.5) is 65.9 Å². The van der Waals surface area contributed by atoms with Gasteiger partial charge in [0.1, 0.15) is 5.75 Å². The Morgan fingerprint density at radius 2 is 1.09 bits per heavy atom. The third kappa shape index (κ3) is 8.44. The molecule has 0 amide bonds. The molecular formula is C26H25F15N2O2. The maximum atomic E-state index is 14.0. The molecule has 0 aliphatic carbocycles. The molecular weight excluding hydrogens is 657 g/mol. The van der Waals surface area contributed by atoms with E-state index in [1.54, 1.807) is 4.74 Å². The van der Waals surface area contributed by atoms with E-state index in [9.17, 15) is 65.9 Å². The van der Waals surface area contributed by atoms with Crippen molar-refractivity contribution in [2.45, 2.75) is 94.0 Å². The molecule has 0 aliphatic heterocycles. The van der Waals surface area contributed by atoms with Crippen LogP contribution in [0, 0.1) is 0 Å². The minimum absolute atomic E-state index is 0.135. The predicted octanol–water partition coefficient (Wildman–Crippen LogP) is 9.73. The minimum atomic E-state index is -7.94. The zero-order chi connectivity index (χ0) is 34.5. The number of halogens is 15. The van der Waals surface area contributed by atoms with Crippen molar-refractivity contribution in [3.8, 4) is 17.1 Å². The fraction of sp³-hybridized carbons (Fsp3) is 0.615. The van der Waals surface area contributed by atoms with Crippen LogP contribution >= 0.6 is 0 Å². The summed E-state index contributed by atoms with van der Waals surface area (Å²) < 4.78 is 204. The van der Waals surface area contributed by atoms with E-state index in [2.05, 4.69) is 21.6 Å². The number of aryl methyl sites for hydroxylation is 1. The van der Waals surface area contributed by atoms with Crippen LogP contribution in [0.25, 0.3) is 11.4 Å². The van der Waals surface area contributed by atoms with Crippen LogP contribution in [0.3, 0.4) is 0 Å². The van der Waals surface area contributed by atoms with Gasteiger partial charge in [0.2, 0.25) is 0 Å². The molecule has 0 spiro atoms. The molecule has 0 aliphatic rings. The van der Waals surface area contributed by atoms with Gasteiger partial charge in [-0.15, -0.1) is 0 Å². The van der Waals surface area contributed by atoms with E-state index in [0.29, 0.717) is 6.42 Å². The lowest BCUT2D eigenvalue weighted by Crippen LogP contribution is -2.66. The summed E-state index contributed by atoms with van der Waals surface area (Å²) >= 11 is 0. The highest BCUT2D eigenvalue weighted by Gasteiger charge is 2.86. The Labute approximate surface area is 245 Å². The number of alkyl halides is 15. The van der Waals surface area contributed by atoms with Gasteiger partial charge in [-0.1, -0.05) is 39.0 Å². The molecule has 2 aromatic rings. The van der Waals surface area contributed by atoms with Crippen LogP contribution < -0.4 is 4.74 Å². The quantitative estimate of drug-likeness (QED) is 0.123. The topological polar surface area (TPSA) is 44.2 Å². The smallest absolute Gasteiger partial charge is 0.460 e. The molecule has 0 saturated heterocycles. The summed E-state index contributed by atoms with van der Waals surface area (Å²) in [7, 11) is 0. The van der Waals surface area contributed by atoms with Gasteiger partial charge in [0.25, 0.3) is 0 Å². The summed E-state index contributed by atoms with van der Waals surface area (Å²) in [6.07, 6.45) is -12.5. The molecule has 0 bridgehead atoms. The van der Waals surface area contributed by atoms with Crippen LogP contribution in [-0.4, -0.2) is 58.7 Å². The Bertz CT molecular complexity index is 1220. The van der Waals surface area contributed by atoms with Gasteiger partial charge >= 0.3 is 42.1 Å². The van der Waals surface area contributed by atoms with Crippen LogP contribution in [0.1, 0.15) is 51.0 Å². The van der Waals surface area contributed by atoms with Gasteiger partial charge in [-0.3, -0.25) is 0 Å². The largest absolute Gasteiger partial charge is 0.487 e. The van der Waals surface area contributed by atoms with Crippen molar-refractivity contribution < 1.29 is 75.3 Å². The lowest BCUT2D eigenvalue weighted by atomic mass is 10.1. The van der Waals surface area contributed by atoms with Crippen molar-refractivity contribution in [3.63, 3.8) is 0 Å². The Balaban J connectivity index is 2.07. The van der Waals surface area contributed by atoms with E-state index in [1.165, 1.54) is 12.4 Å². The van der Waals surface area contributed by atoms with Gasteiger partial charge in [-0.2, -0.15) is 65.9 Å². The molecule has 4 nitrogen and oxygen atoms in total. The monoisotopic (exact) mass is 682 g/mol. The molecule has 0 unspecified atom stereocenters. The fourth-order valence-electron chi connectivity index (χ4n) is 3.57. The predicted molar refractivity (Wildman–Crippen MR) is 127 cm³/mol. The molecule has 2 rings (SSSR count). The number of hydrogen-bond acceptors (Lipinski definition) is 4. The van der Waals surface area contributed by atoms with Crippen molar-refractivity contribution >= 4 is 0 Å². The van der Waals surface area contributed by atoms with Crippen molar-refractivity contribution in [2.24, 2.45) is 0 Å². The molecule has 1 aromatic carbocycles. The number of nitrogens with zero attached hydrogens (tertiary/aromatic N) is 2. The molecule has 1 aromatic heterocycles. The maximum Gasteiger partial charge on any atom is 0.460 e. The zero-order valence-electron chi connectivity index (χ0n) is 23.0. The number of ether oxygens (including phenoxy) is 2. The number of rotatable bonds is 17. The lowest BCUT2D eigenvalue weighted by Gasteiger charge is -2.37. The summed E-state index contributed by atoms with van der Waals surface area (Å²) in [5, 5.41) is 0. The number of benzene rings is 1. The first-order valence-electron chi connectivity index (χ1n) is 13.0. The Morgan fingerprint density at radius 1 is 0.600 bits per heavy atom. The molecule has 0 N–H and O–H groups in total. The van der Waals surface area contributed by atoms with Crippen molar-refractivity contribution in [3.05, 3.63) is 42.2 Å². The SMILES string of the molecule is CCCCCCCCc1cnc(-c2ccc(OCC(F)(F)C(F)(F)C(F)(F)OC(F)(F)C(F)(F)C(F)(F)C(F)(F)F)cc2)nc1. The molecule has 0 fully saturated rings. The molecule has 256 valence electrons. The highest BCUT2D eigenvalue weighted by Crippen LogP contribution is 2.57. The first-order chi connectivity index (χ1) is 20.4. The summed E-state index contributed by atoms with van der Waals surface area (Å²) in [4.78, 5) is 8.27. The highest BCUT2D eigenvalue weighted by atomic mass is 19.4. The van der Waals surface area contributed by atoms with Gasteiger partial charge in [-0.25, -0.2) is 14.7 Å². The molecule has 0 atom stereocenters. The summed E-state index contributed by atoms with van der Waals surface area (Å²) in [6.45, 7) is -0.651. The van der Waals surface area contributed by atoms with Crippen molar-refractivity contribution in [1.29, 1.82) is 0 Å². The maximum absolute atomic E-state index is 14.0. The van der Waals surface area contributed by atoms with Crippen LogP contribution in [0.15, 0.2) is 36.7 Å². The number of hydrogen-bond donors (Lipinski definition) is 0. The molecule has 0 radical (unpaired) electrons. The molecule has 19 heteroatoms. The average Bonchev–Trinajstić information content (AvgIpc) is 2.93. The normalized spacial score (nSPS) is 14.1. The molecule has 1 heterocycles. The molecule has 45 heavy (non-hydrogen) atoms. The summed E-state index contributed by atoms with van der Waals surface area (Å²) in [5.41, 5.74) is 1.08. The van der Waals surface area contributed by atoms with Crippen LogP contribution in [0.2, 0.25) is 0 Å². The van der Waals surface area contributed by atoms with E-state index in [4.69, 9.17) is 0 Å². The third-order valence-corrected chi connectivity index (χ3v) is 6.25. The fourth-order valence-corrected chi connectivity index (χ4v) is 3.57. The van der Waals surface area contributed by atoms with Crippen LogP contribution in [0.5, 0.6) is 5.75 Å². The zero-order valence-corrected chi connectivity index (χ0v) is 23.0. The van der Waals surface area contributed by atoms with Gasteiger partial charge in [-0.05, 0) is 42.7 Å². The van der Waals surface area contributed by atoms with E-state index >= 15 is 0 Å². The second kappa shape index (κ2) is 13.8. The summed E-state index contributed by atoms with van der Waals surface area (Å²) in [5.74, 6) is -29.8. The van der Waals surface area contributed by atoms with E-state index in [0.717, 1.165) is 68.4 Å². The van der Waals surface area contributed by atoms with Crippen molar-refractivity contribution in [2.75, 3.05) is 6.61 Å². The minimum Gasteiger partial charge on any atom is -0.487 e. The van der Waals surface area contributed by atoms with E-state index in [-0.39, 0.29) is 11.4 Å². The number of aromatic nitrogens is 2. The Kier molecular flexibility index (Phi) is 11.7. The van der Waals surface area contributed by atoms with Crippen molar-refractivity contribution in [1.82, 2.24) is 9.97 Å². The third-order valence-electron chi connectivity index (χ3n) is 6.25. The van der Waals surface area contributed by atoms with Gasteiger partial charge < -0.3 is 4.74 Å². The van der Waals surface area contributed by atoms with E-state index < -0.39 is 54.4 Å². The second-order valence-electron chi connectivity index (χ2n) is 9.81. The Hall–Kier alpha value is -2.99. The first-order valence-corrected chi connectivity index (χ1v) is 13.0. The van der Waals surface area contributed by atoms with E-state index in [1.807, 2.05) is 0 Å². The highest BCUT2D eigenvalue weighted by molar-refractivity contribution is 5.55. The number of unbranched alkanes of at least 4 members (excludes halogenated alkanes) is 5. The lowest BCUT2D eigenvalue weighted by molar-refractivity contribution is -0.513. The average molecular weight is 682 g/mol. The van der Waals surface area contributed by atoms with Gasteiger partial charge in [0.05, 0.1) is 0 Å². The van der Waals surface area contributed by atoms with Gasteiger partial charge in [0.15, 0.2) is 12.4 Å². The van der Waals surface area contributed by atoms with Gasteiger partial charge in [0, 0.05) is 18.0 Å². The van der Waals surface area contributed by atoms with Crippen LogP contribution in [-0.2, 0) is 11.2 Å². The standard InChI is InChI=1S/C26H25F15N2O2/c1-2-3-4-5-6-7-8-16-13-42-19(43-14-16)17-9-11-18(12-10-17)44-15-20(27,28)21(29,30)25(38,39)45-26(40,41)23(33,34)22(31,32)24(35,36)37/h9-14H,2-8,15H2,1H3. The Morgan fingerprint density at radius 3 is 1.60 bits per heavy atom. The molecule has 0 saturated carbocycles. The summed E-state index contributed by atoms with van der Waals surface area (Å²) in [6, 6.07) is 3.99.